The van der Waals surface area contributed by atoms with E-state index in [0.717, 1.165) is 7.05 Å². The highest BCUT2D eigenvalue weighted by atomic mass is 32.2. The molecular formula is C5H12N2O4S. The standard InChI is InChI=1S/C5H12N2O4S/c1-3-4(5(8)9)7(2)12(6,10)11/h4H,3H2,1-2H3,(H,8,9)(H2,6,10,11). The van der Waals surface area contributed by atoms with Crippen molar-refractivity contribution in [2.24, 2.45) is 5.14 Å². The van der Waals surface area contributed by atoms with Crippen LogP contribution in [0.4, 0.5) is 0 Å². The van der Waals surface area contributed by atoms with Gasteiger partial charge in [-0.2, -0.15) is 12.7 Å². The van der Waals surface area contributed by atoms with Crippen molar-refractivity contribution >= 4 is 16.2 Å². The summed E-state index contributed by atoms with van der Waals surface area (Å²) in [6.07, 6.45) is 0.183. The number of carboxylic acid groups (broad SMARTS) is 1. The molecule has 1 unspecified atom stereocenters. The van der Waals surface area contributed by atoms with Crippen molar-refractivity contribution in [3.8, 4) is 0 Å². The van der Waals surface area contributed by atoms with E-state index in [2.05, 4.69) is 0 Å². The first kappa shape index (κ1) is 11.3. The monoisotopic (exact) mass is 196 g/mol. The van der Waals surface area contributed by atoms with Gasteiger partial charge in [-0.15, -0.1) is 0 Å². The number of nitrogens with zero attached hydrogens (tertiary/aromatic N) is 1. The molecule has 7 heteroatoms. The lowest BCUT2D eigenvalue weighted by Gasteiger charge is -2.19. The van der Waals surface area contributed by atoms with Gasteiger partial charge in [-0.3, -0.25) is 4.79 Å². The molecule has 1 atom stereocenters. The summed E-state index contributed by atoms with van der Waals surface area (Å²) < 4.78 is 22.0. The average molecular weight is 196 g/mol. The number of carbonyl (C=O) groups is 1. The topological polar surface area (TPSA) is 101 Å². The van der Waals surface area contributed by atoms with Crippen LogP contribution in [0.25, 0.3) is 0 Å². The molecule has 12 heavy (non-hydrogen) atoms. The molecule has 0 aromatic carbocycles. The van der Waals surface area contributed by atoms with Crippen LogP contribution < -0.4 is 5.14 Å². The van der Waals surface area contributed by atoms with Crippen molar-refractivity contribution in [1.29, 1.82) is 0 Å². The minimum absolute atomic E-state index is 0.183. The van der Waals surface area contributed by atoms with Crippen LogP contribution in [0, 0.1) is 0 Å². The minimum Gasteiger partial charge on any atom is -0.480 e. The molecule has 0 heterocycles. The molecule has 0 rings (SSSR count). The Labute approximate surface area is 71.2 Å². The summed E-state index contributed by atoms with van der Waals surface area (Å²) in [5.74, 6) is -1.20. The lowest BCUT2D eigenvalue weighted by molar-refractivity contribution is -0.141. The number of hydrogen-bond donors (Lipinski definition) is 2. The Morgan fingerprint density at radius 1 is 1.67 bits per heavy atom. The second-order valence-electron chi connectivity index (χ2n) is 2.32. The van der Waals surface area contributed by atoms with Crippen LogP contribution in [-0.4, -0.2) is 36.9 Å². The van der Waals surface area contributed by atoms with E-state index in [1.165, 1.54) is 0 Å². The van der Waals surface area contributed by atoms with Crippen molar-refractivity contribution in [1.82, 2.24) is 4.31 Å². The van der Waals surface area contributed by atoms with Gasteiger partial charge < -0.3 is 5.11 Å². The quantitative estimate of drug-likeness (QED) is 0.601. The van der Waals surface area contributed by atoms with Crippen LogP contribution in [0.15, 0.2) is 0 Å². The van der Waals surface area contributed by atoms with Gasteiger partial charge in [0, 0.05) is 7.05 Å². The van der Waals surface area contributed by atoms with Crippen molar-refractivity contribution in [2.45, 2.75) is 19.4 Å². The largest absolute Gasteiger partial charge is 0.480 e. The first-order chi connectivity index (χ1) is 5.30. The van der Waals surface area contributed by atoms with E-state index in [1.807, 2.05) is 0 Å². The third-order valence-electron chi connectivity index (χ3n) is 1.51. The maximum absolute atomic E-state index is 10.7. The number of aliphatic carboxylic acids is 1. The second kappa shape index (κ2) is 3.83. The van der Waals surface area contributed by atoms with Crippen LogP contribution in [0.3, 0.4) is 0 Å². The van der Waals surface area contributed by atoms with Gasteiger partial charge in [0.25, 0.3) is 10.2 Å². The van der Waals surface area contributed by atoms with Crippen molar-refractivity contribution in [3.63, 3.8) is 0 Å². The number of nitrogens with two attached hydrogens (primary N) is 1. The van der Waals surface area contributed by atoms with Crippen LogP contribution in [0.1, 0.15) is 13.3 Å². The molecule has 0 amide bonds. The SMILES string of the molecule is CCC(C(=O)O)N(C)S(N)(=O)=O. The normalized spacial score (nSPS) is 14.7. The number of likely N-dealkylation sites (N-methyl/N-ethyl adjacent to an activating group) is 1. The molecule has 3 N–H and O–H groups in total. The van der Waals surface area contributed by atoms with Gasteiger partial charge in [0.05, 0.1) is 0 Å². The first-order valence-corrected chi connectivity index (χ1v) is 4.79. The van der Waals surface area contributed by atoms with E-state index in [4.69, 9.17) is 10.2 Å². The zero-order valence-electron chi connectivity index (χ0n) is 6.89. The smallest absolute Gasteiger partial charge is 0.322 e. The van der Waals surface area contributed by atoms with Gasteiger partial charge in [-0.25, -0.2) is 5.14 Å². The highest BCUT2D eigenvalue weighted by Crippen LogP contribution is 2.04. The molecule has 0 fully saturated rings. The Hall–Kier alpha value is -0.660. The molecule has 0 spiro atoms. The van der Waals surface area contributed by atoms with Gasteiger partial charge in [-0.1, -0.05) is 6.92 Å². The van der Waals surface area contributed by atoms with E-state index in [0.29, 0.717) is 4.31 Å². The Bertz CT molecular complexity index is 261. The van der Waals surface area contributed by atoms with E-state index < -0.39 is 22.2 Å². The summed E-state index contributed by atoms with van der Waals surface area (Å²) in [5, 5.41) is 13.3. The molecule has 0 aliphatic heterocycles. The highest BCUT2D eigenvalue weighted by Gasteiger charge is 2.27. The molecule has 0 aliphatic rings. The third kappa shape index (κ3) is 2.76. The summed E-state index contributed by atoms with van der Waals surface area (Å²) in [4.78, 5) is 10.5. The van der Waals surface area contributed by atoms with Crippen LogP contribution in [0.5, 0.6) is 0 Å². The van der Waals surface area contributed by atoms with Gasteiger partial charge in [0.15, 0.2) is 0 Å². The number of hydrogen-bond acceptors (Lipinski definition) is 3. The van der Waals surface area contributed by atoms with E-state index in [-0.39, 0.29) is 6.42 Å². The second-order valence-corrected chi connectivity index (χ2v) is 3.93. The third-order valence-corrected chi connectivity index (χ3v) is 2.57. The van der Waals surface area contributed by atoms with Gasteiger partial charge in [0.2, 0.25) is 0 Å². The van der Waals surface area contributed by atoms with Gasteiger partial charge in [-0.05, 0) is 6.42 Å². The summed E-state index contributed by atoms with van der Waals surface area (Å²) >= 11 is 0. The molecular weight excluding hydrogens is 184 g/mol. The van der Waals surface area contributed by atoms with Gasteiger partial charge >= 0.3 is 5.97 Å². The predicted molar refractivity (Wildman–Crippen MR) is 42.6 cm³/mol. The maximum Gasteiger partial charge on any atom is 0.322 e. The van der Waals surface area contributed by atoms with E-state index in [1.54, 1.807) is 6.92 Å². The minimum atomic E-state index is -3.91. The maximum atomic E-state index is 10.7. The fraction of sp³-hybridized carbons (Fsp3) is 0.800. The zero-order valence-corrected chi connectivity index (χ0v) is 7.71. The summed E-state index contributed by atoms with van der Waals surface area (Å²) in [7, 11) is -2.77. The predicted octanol–water partition coefficient (Wildman–Crippen LogP) is -1.02. The lowest BCUT2D eigenvalue weighted by Crippen LogP contribution is -2.45. The van der Waals surface area contributed by atoms with Crippen molar-refractivity contribution in [3.05, 3.63) is 0 Å². The highest BCUT2D eigenvalue weighted by molar-refractivity contribution is 7.86. The fourth-order valence-corrected chi connectivity index (χ4v) is 1.36. The average Bonchev–Trinajstić information content (AvgIpc) is 1.86. The summed E-state index contributed by atoms with van der Waals surface area (Å²) in [5.41, 5.74) is 0. The molecule has 0 saturated heterocycles. The molecule has 0 saturated carbocycles. The summed E-state index contributed by atoms with van der Waals surface area (Å²) in [6, 6.07) is -1.08. The molecule has 0 radical (unpaired) electrons. The van der Waals surface area contributed by atoms with E-state index >= 15 is 0 Å². The molecule has 0 aromatic rings. The Balaban J connectivity index is 4.66. The fourth-order valence-electron chi connectivity index (χ4n) is 0.765. The van der Waals surface area contributed by atoms with Crippen LogP contribution in [-0.2, 0) is 15.0 Å². The van der Waals surface area contributed by atoms with Crippen LogP contribution in [0.2, 0.25) is 0 Å². The van der Waals surface area contributed by atoms with Crippen molar-refractivity contribution < 1.29 is 18.3 Å². The van der Waals surface area contributed by atoms with E-state index in [9.17, 15) is 13.2 Å². The molecule has 6 nitrogen and oxygen atoms in total. The van der Waals surface area contributed by atoms with Crippen LogP contribution >= 0.6 is 0 Å². The van der Waals surface area contributed by atoms with Crippen molar-refractivity contribution in [2.75, 3.05) is 7.05 Å². The Morgan fingerprint density at radius 3 is 2.17 bits per heavy atom. The first-order valence-electron chi connectivity index (χ1n) is 3.29. The molecule has 0 aliphatic carbocycles. The number of carboxylic acids is 1. The molecule has 0 bridgehead atoms. The molecule has 72 valence electrons. The Kier molecular flexibility index (Phi) is 3.62. The number of rotatable bonds is 4. The van der Waals surface area contributed by atoms with Gasteiger partial charge in [0.1, 0.15) is 6.04 Å². The molecule has 0 aromatic heterocycles. The summed E-state index contributed by atoms with van der Waals surface area (Å²) in [6.45, 7) is 1.57. The lowest BCUT2D eigenvalue weighted by atomic mass is 10.2. The Morgan fingerprint density at radius 2 is 2.08 bits per heavy atom. The zero-order chi connectivity index (χ0) is 9.94.